The molecule has 1 aliphatic rings. The quantitative estimate of drug-likeness (QED) is 0.731. The average Bonchev–Trinajstić information content (AvgIpc) is 3.20. The van der Waals surface area contributed by atoms with Crippen molar-refractivity contribution < 1.29 is 18.7 Å². The molecule has 7 heteroatoms. The molecule has 142 valence electrons. The van der Waals surface area contributed by atoms with Gasteiger partial charge in [-0.25, -0.2) is 4.39 Å². The van der Waals surface area contributed by atoms with Crippen LogP contribution in [0.5, 0.6) is 0 Å². The van der Waals surface area contributed by atoms with Gasteiger partial charge in [-0.05, 0) is 48.7 Å². The highest BCUT2D eigenvalue weighted by Gasteiger charge is 2.17. The number of nitrogens with one attached hydrogen (secondary N) is 2. The number of amides is 2. The van der Waals surface area contributed by atoms with Gasteiger partial charge >= 0.3 is 0 Å². The molecule has 3 rings (SSSR count). The van der Waals surface area contributed by atoms with Crippen molar-refractivity contribution in [1.29, 1.82) is 0 Å². The van der Waals surface area contributed by atoms with Gasteiger partial charge < -0.3 is 15.4 Å². The molecule has 1 unspecified atom stereocenters. The minimum atomic E-state index is -0.585. The third-order valence-corrected chi connectivity index (χ3v) is 4.82. The molecule has 5 nitrogen and oxygen atoms in total. The van der Waals surface area contributed by atoms with Crippen LogP contribution < -0.4 is 10.6 Å². The Bertz CT molecular complexity index is 838. The molecule has 0 spiro atoms. The van der Waals surface area contributed by atoms with Crippen LogP contribution in [0.1, 0.15) is 39.1 Å². The van der Waals surface area contributed by atoms with Gasteiger partial charge in [0, 0.05) is 29.7 Å². The Morgan fingerprint density at radius 3 is 2.78 bits per heavy atom. The van der Waals surface area contributed by atoms with E-state index in [9.17, 15) is 14.0 Å². The standard InChI is InChI=1S/C20H20BrFN2O3/c21-15-6-7-18(22)17(10-15)20(26)23-11-13-3-1-4-14(9-13)19(25)24-12-16-5-2-8-27-16/h1,3-4,6-7,9-10,16H,2,5,8,11-12H2,(H,23,26)(H,24,25). The summed E-state index contributed by atoms with van der Waals surface area (Å²) in [6.07, 6.45) is 2.06. The van der Waals surface area contributed by atoms with Crippen molar-refractivity contribution in [3.63, 3.8) is 0 Å². The fourth-order valence-electron chi connectivity index (χ4n) is 2.89. The fourth-order valence-corrected chi connectivity index (χ4v) is 3.25. The average molecular weight is 435 g/mol. The summed E-state index contributed by atoms with van der Waals surface area (Å²) < 4.78 is 19.9. The van der Waals surface area contributed by atoms with Crippen LogP contribution in [0.25, 0.3) is 0 Å². The summed E-state index contributed by atoms with van der Waals surface area (Å²) in [6.45, 7) is 1.42. The third-order valence-electron chi connectivity index (χ3n) is 4.33. The second-order valence-corrected chi connectivity index (χ2v) is 7.27. The molecule has 2 aromatic carbocycles. The fraction of sp³-hybridized carbons (Fsp3) is 0.300. The van der Waals surface area contributed by atoms with E-state index in [4.69, 9.17) is 4.74 Å². The molecule has 1 heterocycles. The van der Waals surface area contributed by atoms with Crippen LogP contribution >= 0.6 is 15.9 Å². The van der Waals surface area contributed by atoms with E-state index in [0.29, 0.717) is 16.6 Å². The van der Waals surface area contributed by atoms with Crippen LogP contribution in [0.4, 0.5) is 4.39 Å². The number of hydrogen-bond acceptors (Lipinski definition) is 3. The first-order valence-electron chi connectivity index (χ1n) is 8.75. The van der Waals surface area contributed by atoms with E-state index < -0.39 is 11.7 Å². The maximum absolute atomic E-state index is 13.8. The summed E-state index contributed by atoms with van der Waals surface area (Å²) in [6, 6.07) is 11.2. The Kier molecular flexibility index (Phi) is 6.58. The Hall–Kier alpha value is -2.25. The molecule has 2 aromatic rings. The highest BCUT2D eigenvalue weighted by atomic mass is 79.9. The van der Waals surface area contributed by atoms with Crippen LogP contribution in [0.3, 0.4) is 0 Å². The zero-order valence-corrected chi connectivity index (χ0v) is 16.2. The van der Waals surface area contributed by atoms with Crippen LogP contribution in [-0.4, -0.2) is 31.1 Å². The monoisotopic (exact) mass is 434 g/mol. The summed E-state index contributed by atoms with van der Waals surface area (Å²) >= 11 is 3.23. The maximum atomic E-state index is 13.8. The predicted octanol–water partition coefficient (Wildman–Crippen LogP) is 3.43. The number of hydrogen-bond donors (Lipinski definition) is 2. The molecule has 1 saturated heterocycles. The van der Waals surface area contributed by atoms with Gasteiger partial charge in [-0.15, -0.1) is 0 Å². The Labute approximate surface area is 165 Å². The molecular formula is C20H20BrFN2O3. The van der Waals surface area contributed by atoms with Gasteiger partial charge in [-0.1, -0.05) is 28.1 Å². The van der Waals surface area contributed by atoms with Crippen molar-refractivity contribution in [2.75, 3.05) is 13.2 Å². The molecular weight excluding hydrogens is 415 g/mol. The van der Waals surface area contributed by atoms with Crippen LogP contribution in [0.2, 0.25) is 0 Å². The molecule has 0 radical (unpaired) electrons. The first-order chi connectivity index (χ1) is 13.0. The van der Waals surface area contributed by atoms with Crippen molar-refractivity contribution in [3.05, 3.63) is 69.4 Å². The number of carbonyl (C=O) groups is 2. The second kappa shape index (κ2) is 9.10. The van der Waals surface area contributed by atoms with Gasteiger partial charge in [0.1, 0.15) is 5.82 Å². The van der Waals surface area contributed by atoms with Gasteiger partial charge in [-0.2, -0.15) is 0 Å². The second-order valence-electron chi connectivity index (χ2n) is 6.35. The van der Waals surface area contributed by atoms with Crippen LogP contribution in [-0.2, 0) is 11.3 Å². The van der Waals surface area contributed by atoms with Gasteiger partial charge in [-0.3, -0.25) is 9.59 Å². The zero-order valence-electron chi connectivity index (χ0n) is 14.6. The predicted molar refractivity (Wildman–Crippen MR) is 103 cm³/mol. The Morgan fingerprint density at radius 1 is 1.15 bits per heavy atom. The van der Waals surface area contributed by atoms with Gasteiger partial charge in [0.05, 0.1) is 11.7 Å². The lowest BCUT2D eigenvalue weighted by Gasteiger charge is -2.12. The smallest absolute Gasteiger partial charge is 0.254 e. The molecule has 1 aliphatic heterocycles. The van der Waals surface area contributed by atoms with E-state index in [1.165, 1.54) is 18.2 Å². The topological polar surface area (TPSA) is 67.4 Å². The van der Waals surface area contributed by atoms with Crippen molar-refractivity contribution in [1.82, 2.24) is 10.6 Å². The molecule has 0 saturated carbocycles. The zero-order chi connectivity index (χ0) is 19.2. The maximum Gasteiger partial charge on any atom is 0.254 e. The number of rotatable bonds is 6. The molecule has 2 amide bonds. The van der Waals surface area contributed by atoms with Gasteiger partial charge in [0.15, 0.2) is 0 Å². The van der Waals surface area contributed by atoms with Crippen LogP contribution in [0, 0.1) is 5.82 Å². The third kappa shape index (κ3) is 5.37. The summed E-state index contributed by atoms with van der Waals surface area (Å²) in [5, 5.41) is 5.54. The summed E-state index contributed by atoms with van der Waals surface area (Å²) in [5.74, 6) is -1.28. The number of carbonyl (C=O) groups excluding carboxylic acids is 2. The molecule has 27 heavy (non-hydrogen) atoms. The first-order valence-corrected chi connectivity index (χ1v) is 9.54. The number of benzene rings is 2. The number of halogens is 2. The first kappa shape index (κ1) is 19.5. The summed E-state index contributed by atoms with van der Waals surface area (Å²) in [4.78, 5) is 24.5. The summed E-state index contributed by atoms with van der Waals surface area (Å²) in [5.41, 5.74) is 1.23. The molecule has 0 aromatic heterocycles. The SMILES string of the molecule is O=C(NCC1CCCO1)c1cccc(CNC(=O)c2cc(Br)ccc2F)c1. The van der Waals surface area contributed by atoms with E-state index in [-0.39, 0.29) is 24.1 Å². The minimum absolute atomic E-state index is 0.0326. The molecule has 1 atom stereocenters. The van der Waals surface area contributed by atoms with Crippen molar-refractivity contribution in [3.8, 4) is 0 Å². The van der Waals surface area contributed by atoms with Crippen LogP contribution in [0.15, 0.2) is 46.9 Å². The lowest BCUT2D eigenvalue weighted by Crippen LogP contribution is -2.31. The summed E-state index contributed by atoms with van der Waals surface area (Å²) in [7, 11) is 0. The number of ether oxygens (including phenoxy) is 1. The van der Waals surface area contributed by atoms with E-state index >= 15 is 0 Å². The van der Waals surface area contributed by atoms with Crippen molar-refractivity contribution >= 4 is 27.7 Å². The highest BCUT2D eigenvalue weighted by molar-refractivity contribution is 9.10. The molecule has 1 fully saturated rings. The Balaban J connectivity index is 1.57. The largest absolute Gasteiger partial charge is 0.376 e. The van der Waals surface area contributed by atoms with Gasteiger partial charge in [0.2, 0.25) is 0 Å². The lowest BCUT2D eigenvalue weighted by molar-refractivity contribution is 0.0857. The van der Waals surface area contributed by atoms with Crippen molar-refractivity contribution in [2.45, 2.75) is 25.5 Å². The van der Waals surface area contributed by atoms with E-state index in [1.54, 1.807) is 24.3 Å². The molecule has 0 bridgehead atoms. The van der Waals surface area contributed by atoms with E-state index in [1.807, 2.05) is 0 Å². The lowest BCUT2D eigenvalue weighted by atomic mass is 10.1. The minimum Gasteiger partial charge on any atom is -0.376 e. The van der Waals surface area contributed by atoms with E-state index in [0.717, 1.165) is 25.0 Å². The van der Waals surface area contributed by atoms with Gasteiger partial charge in [0.25, 0.3) is 11.8 Å². The van der Waals surface area contributed by atoms with E-state index in [2.05, 4.69) is 26.6 Å². The molecule has 0 aliphatic carbocycles. The van der Waals surface area contributed by atoms with Crippen molar-refractivity contribution in [2.24, 2.45) is 0 Å². The normalized spacial score (nSPS) is 16.1. The Morgan fingerprint density at radius 2 is 2.00 bits per heavy atom. The highest BCUT2D eigenvalue weighted by Crippen LogP contribution is 2.16. The molecule has 2 N–H and O–H groups in total.